The third-order valence-electron chi connectivity index (χ3n) is 5.45. The fourth-order valence-electron chi connectivity index (χ4n) is 3.77. The number of hydrogen-bond donors (Lipinski definition) is 2. The van der Waals surface area contributed by atoms with Crippen LogP contribution in [0.1, 0.15) is 45.2 Å². The van der Waals surface area contributed by atoms with Crippen LogP contribution in [0, 0.1) is 5.92 Å². The van der Waals surface area contributed by atoms with Crippen LogP contribution in [0.25, 0.3) is 16.3 Å². The van der Waals surface area contributed by atoms with Gasteiger partial charge in [-0.1, -0.05) is 0 Å². The second-order valence-electron chi connectivity index (χ2n) is 8.01. The van der Waals surface area contributed by atoms with Crippen molar-refractivity contribution < 1.29 is 18.3 Å². The molecule has 0 aliphatic heterocycles. The lowest BCUT2D eigenvalue weighted by Crippen LogP contribution is -2.37. The summed E-state index contributed by atoms with van der Waals surface area (Å²) in [7, 11) is 0. The summed E-state index contributed by atoms with van der Waals surface area (Å²) in [5, 5.41) is 19.3. The molecular weight excluding hydrogens is 403 g/mol. The van der Waals surface area contributed by atoms with Gasteiger partial charge in [-0.05, 0) is 57.6 Å². The molecule has 3 aromatic heterocycles. The molecular formula is C19H22F3N5OS. The number of rotatable bonds is 4. The number of fused-ring (bicyclic) bond motifs is 1. The zero-order valence-corrected chi connectivity index (χ0v) is 16.9. The van der Waals surface area contributed by atoms with Gasteiger partial charge in [-0.2, -0.15) is 13.2 Å². The molecule has 1 saturated carbocycles. The van der Waals surface area contributed by atoms with Gasteiger partial charge in [-0.25, -0.2) is 14.5 Å². The topological polar surface area (TPSA) is 75.3 Å². The maximum Gasteiger partial charge on any atom is 0.434 e. The summed E-state index contributed by atoms with van der Waals surface area (Å²) < 4.78 is 40.1. The lowest BCUT2D eigenvalue weighted by Gasteiger charge is -2.36. The first kappa shape index (κ1) is 20.1. The van der Waals surface area contributed by atoms with Crippen molar-refractivity contribution >= 4 is 22.8 Å². The summed E-state index contributed by atoms with van der Waals surface area (Å²) in [5.41, 5.74) is -0.614. The summed E-state index contributed by atoms with van der Waals surface area (Å²) in [4.78, 5) is 7.92. The van der Waals surface area contributed by atoms with E-state index in [1.54, 1.807) is 6.07 Å². The van der Waals surface area contributed by atoms with Crippen LogP contribution in [0.5, 0.6) is 0 Å². The molecule has 0 atom stereocenters. The highest BCUT2D eigenvalue weighted by Crippen LogP contribution is 2.35. The van der Waals surface area contributed by atoms with Gasteiger partial charge < -0.3 is 10.4 Å². The van der Waals surface area contributed by atoms with Gasteiger partial charge in [0.25, 0.3) is 0 Å². The molecule has 1 fully saturated rings. The van der Waals surface area contributed by atoms with Gasteiger partial charge in [0.05, 0.1) is 11.8 Å². The van der Waals surface area contributed by atoms with Gasteiger partial charge >= 0.3 is 6.18 Å². The Bertz CT molecular complexity index is 999. The summed E-state index contributed by atoms with van der Waals surface area (Å²) in [6.07, 6.45) is 0.717. The first-order chi connectivity index (χ1) is 13.6. The lowest BCUT2D eigenvalue weighted by molar-refractivity contribution is -0.140. The molecule has 0 unspecified atom stereocenters. The highest BCUT2D eigenvalue weighted by Gasteiger charge is 2.34. The summed E-state index contributed by atoms with van der Waals surface area (Å²) in [5.74, 6) is 0.917. The third kappa shape index (κ3) is 4.23. The van der Waals surface area contributed by atoms with Gasteiger partial charge in [-0.15, -0.1) is 16.4 Å². The molecule has 2 N–H and O–H groups in total. The molecule has 10 heteroatoms. The Balaban J connectivity index is 1.53. The molecule has 6 nitrogen and oxygen atoms in total. The number of anilines is 1. The number of hydrogen-bond acceptors (Lipinski definition) is 6. The quantitative estimate of drug-likeness (QED) is 0.638. The molecule has 29 heavy (non-hydrogen) atoms. The lowest BCUT2D eigenvalue weighted by atomic mass is 9.77. The average molecular weight is 425 g/mol. The fourth-order valence-corrected chi connectivity index (χ4v) is 4.59. The second-order valence-corrected chi connectivity index (χ2v) is 8.87. The zero-order valence-electron chi connectivity index (χ0n) is 16.1. The molecule has 156 valence electrons. The Morgan fingerprint density at radius 3 is 2.52 bits per heavy atom. The minimum absolute atomic E-state index is 0.222. The van der Waals surface area contributed by atoms with E-state index in [1.807, 2.05) is 19.9 Å². The van der Waals surface area contributed by atoms with Gasteiger partial charge in [-0.3, -0.25) is 0 Å². The fraction of sp³-hybridized carbons (Fsp3) is 0.526. The molecule has 0 radical (unpaired) electrons. The first-order valence-electron chi connectivity index (χ1n) is 9.48. The van der Waals surface area contributed by atoms with Crippen LogP contribution in [0.4, 0.5) is 19.0 Å². The van der Waals surface area contributed by atoms with Crippen LogP contribution in [-0.4, -0.2) is 36.3 Å². The maximum absolute atomic E-state index is 12.9. The van der Waals surface area contributed by atoms with Gasteiger partial charge in [0.15, 0.2) is 11.3 Å². The molecule has 0 saturated heterocycles. The van der Waals surface area contributed by atoms with Crippen molar-refractivity contribution in [3.63, 3.8) is 0 Å². The third-order valence-corrected chi connectivity index (χ3v) is 6.32. The van der Waals surface area contributed by atoms with E-state index < -0.39 is 17.5 Å². The Labute approximate surface area is 169 Å². The molecule has 3 aromatic rings. The van der Waals surface area contributed by atoms with E-state index in [-0.39, 0.29) is 17.0 Å². The van der Waals surface area contributed by atoms with E-state index in [4.69, 9.17) is 0 Å². The minimum atomic E-state index is -4.47. The van der Waals surface area contributed by atoms with E-state index in [9.17, 15) is 18.3 Å². The van der Waals surface area contributed by atoms with Crippen molar-refractivity contribution in [1.82, 2.24) is 19.6 Å². The summed E-state index contributed by atoms with van der Waals surface area (Å²) in [6.45, 7) is 3.70. The van der Waals surface area contributed by atoms with Crippen LogP contribution in [0.15, 0.2) is 23.7 Å². The number of nitrogens with one attached hydrogen (secondary N) is 1. The Hall–Kier alpha value is -2.20. The van der Waals surface area contributed by atoms with Crippen LogP contribution >= 0.6 is 11.3 Å². The van der Waals surface area contributed by atoms with Crippen LogP contribution in [-0.2, 0) is 6.18 Å². The number of nitrogens with zero attached hydrogens (tertiary/aromatic N) is 4. The normalized spacial score (nSPS) is 20.9. The molecule has 0 bridgehead atoms. The van der Waals surface area contributed by atoms with Crippen LogP contribution in [0.3, 0.4) is 0 Å². The van der Waals surface area contributed by atoms with Crippen molar-refractivity contribution in [2.75, 3.05) is 5.32 Å². The number of alkyl halides is 3. The monoisotopic (exact) mass is 425 g/mol. The van der Waals surface area contributed by atoms with Crippen molar-refractivity contribution in [3.05, 3.63) is 29.4 Å². The molecule has 0 spiro atoms. The maximum atomic E-state index is 12.9. The molecule has 1 aliphatic carbocycles. The zero-order chi connectivity index (χ0) is 20.8. The number of halogens is 3. The Kier molecular flexibility index (Phi) is 5.02. The van der Waals surface area contributed by atoms with Gasteiger partial charge in [0.1, 0.15) is 16.5 Å². The average Bonchev–Trinajstić information content (AvgIpc) is 3.27. The van der Waals surface area contributed by atoms with Crippen LogP contribution < -0.4 is 5.32 Å². The number of imidazole rings is 1. The van der Waals surface area contributed by atoms with E-state index in [0.29, 0.717) is 17.2 Å². The smallest absolute Gasteiger partial charge is 0.390 e. The van der Waals surface area contributed by atoms with E-state index in [0.717, 1.165) is 42.4 Å². The minimum Gasteiger partial charge on any atom is -0.390 e. The van der Waals surface area contributed by atoms with Crippen molar-refractivity contribution in [3.8, 4) is 10.7 Å². The Morgan fingerprint density at radius 1 is 1.17 bits per heavy atom. The number of thiazole rings is 1. The second kappa shape index (κ2) is 7.24. The molecule has 0 aromatic carbocycles. The molecule has 0 amide bonds. The van der Waals surface area contributed by atoms with E-state index in [2.05, 4.69) is 20.4 Å². The van der Waals surface area contributed by atoms with Gasteiger partial charge in [0, 0.05) is 11.4 Å². The van der Waals surface area contributed by atoms with Crippen LogP contribution in [0.2, 0.25) is 0 Å². The largest absolute Gasteiger partial charge is 0.434 e. The molecule has 3 heterocycles. The SMILES string of the molecule is CC(C)(O)C1CCC(Nc2ccc3ncc(-c4nc(C(F)(F)F)cs4)n3n2)CC1. The summed E-state index contributed by atoms with van der Waals surface area (Å²) >= 11 is 0.917. The van der Waals surface area contributed by atoms with E-state index in [1.165, 1.54) is 10.7 Å². The standard InChI is InChI=1S/C19H22F3N5OS/c1-18(2,28)11-3-5-12(6-4-11)24-15-7-8-16-23-9-13(27(16)26-15)17-25-14(10-29-17)19(20,21)22/h7-12,28H,3-6H2,1-2H3,(H,24,26). The van der Waals surface area contributed by atoms with Gasteiger partial charge in [0.2, 0.25) is 0 Å². The summed E-state index contributed by atoms with van der Waals surface area (Å²) in [6, 6.07) is 3.83. The highest BCUT2D eigenvalue weighted by atomic mass is 32.1. The van der Waals surface area contributed by atoms with Crippen molar-refractivity contribution in [2.45, 2.75) is 57.3 Å². The highest BCUT2D eigenvalue weighted by molar-refractivity contribution is 7.13. The Morgan fingerprint density at radius 2 is 1.90 bits per heavy atom. The number of aromatic nitrogens is 4. The van der Waals surface area contributed by atoms with Crippen molar-refractivity contribution in [1.29, 1.82) is 0 Å². The molecule has 1 aliphatic rings. The first-order valence-corrected chi connectivity index (χ1v) is 10.4. The predicted octanol–water partition coefficient (Wildman–Crippen LogP) is 4.61. The van der Waals surface area contributed by atoms with Crippen molar-refractivity contribution in [2.24, 2.45) is 5.92 Å². The predicted molar refractivity (Wildman–Crippen MR) is 105 cm³/mol. The van der Waals surface area contributed by atoms with E-state index >= 15 is 0 Å². The number of aliphatic hydroxyl groups is 1. The molecule has 4 rings (SSSR count).